The Morgan fingerprint density at radius 3 is 2.54 bits per heavy atom. The number of pyridine rings is 1. The van der Waals surface area contributed by atoms with E-state index in [0.717, 1.165) is 16.2 Å². The highest BCUT2D eigenvalue weighted by Crippen LogP contribution is 2.24. The molecule has 0 bridgehead atoms. The zero-order chi connectivity index (χ0) is 18.2. The fourth-order valence-corrected chi connectivity index (χ4v) is 2.99. The second kappa shape index (κ2) is 9.01. The molecule has 0 unspecified atom stereocenters. The minimum atomic E-state index is -0.344. The summed E-state index contributed by atoms with van der Waals surface area (Å²) < 4.78 is 18.1. The summed E-state index contributed by atoms with van der Waals surface area (Å²) in [7, 11) is 0. The monoisotopic (exact) mass is 368 g/mol. The van der Waals surface area contributed by atoms with Gasteiger partial charge in [0.05, 0.1) is 0 Å². The lowest BCUT2D eigenvalue weighted by atomic mass is 10.3. The van der Waals surface area contributed by atoms with Crippen molar-refractivity contribution < 1.29 is 13.9 Å². The summed E-state index contributed by atoms with van der Waals surface area (Å²) in [6.45, 7) is -0.136. The number of carbonyl (C=O) groups excluding carboxylic acids is 1. The second-order valence-corrected chi connectivity index (χ2v) is 6.51. The van der Waals surface area contributed by atoms with E-state index in [-0.39, 0.29) is 18.3 Å². The Morgan fingerprint density at radius 1 is 1.08 bits per heavy atom. The molecular formula is C20H17FN2O2S. The maximum absolute atomic E-state index is 12.8. The number of carbonyl (C=O) groups is 1. The third kappa shape index (κ3) is 5.60. The van der Waals surface area contributed by atoms with Crippen molar-refractivity contribution in [1.29, 1.82) is 0 Å². The van der Waals surface area contributed by atoms with Gasteiger partial charge in [0.15, 0.2) is 6.61 Å². The number of benzene rings is 2. The molecule has 0 saturated heterocycles. The van der Waals surface area contributed by atoms with Crippen LogP contribution in [0.25, 0.3) is 0 Å². The highest BCUT2D eigenvalue weighted by atomic mass is 32.2. The van der Waals surface area contributed by atoms with Crippen LogP contribution in [0.15, 0.2) is 78.0 Å². The minimum Gasteiger partial charge on any atom is -0.484 e. The van der Waals surface area contributed by atoms with Crippen LogP contribution in [0, 0.1) is 5.82 Å². The van der Waals surface area contributed by atoms with E-state index >= 15 is 0 Å². The topological polar surface area (TPSA) is 51.2 Å². The van der Waals surface area contributed by atoms with Gasteiger partial charge in [-0.1, -0.05) is 6.07 Å². The van der Waals surface area contributed by atoms with E-state index < -0.39 is 0 Å². The zero-order valence-electron chi connectivity index (χ0n) is 13.9. The molecule has 0 fully saturated rings. The first-order valence-corrected chi connectivity index (χ1v) is 8.97. The first-order chi connectivity index (χ1) is 12.7. The number of nitrogens with one attached hydrogen (secondary N) is 1. The van der Waals surface area contributed by atoms with Crippen LogP contribution in [-0.2, 0) is 10.5 Å². The van der Waals surface area contributed by atoms with Gasteiger partial charge in [-0.2, -0.15) is 0 Å². The van der Waals surface area contributed by atoms with Crippen LogP contribution >= 0.6 is 11.8 Å². The number of rotatable bonds is 7. The number of hydrogen-bond donors (Lipinski definition) is 1. The molecule has 1 aromatic heterocycles. The van der Waals surface area contributed by atoms with Gasteiger partial charge in [0, 0.05) is 28.7 Å². The van der Waals surface area contributed by atoms with Crippen molar-refractivity contribution in [2.24, 2.45) is 0 Å². The Kier molecular flexibility index (Phi) is 6.22. The minimum absolute atomic E-state index is 0.136. The first kappa shape index (κ1) is 17.9. The number of aromatic nitrogens is 1. The molecule has 0 aliphatic carbocycles. The van der Waals surface area contributed by atoms with Crippen LogP contribution in [0.3, 0.4) is 0 Å². The number of nitrogens with zero attached hydrogens (tertiary/aromatic N) is 1. The van der Waals surface area contributed by atoms with Gasteiger partial charge in [0.25, 0.3) is 5.91 Å². The van der Waals surface area contributed by atoms with Gasteiger partial charge < -0.3 is 10.1 Å². The van der Waals surface area contributed by atoms with Gasteiger partial charge in [-0.15, -0.1) is 11.8 Å². The van der Waals surface area contributed by atoms with Crippen LogP contribution in [0.2, 0.25) is 0 Å². The lowest BCUT2D eigenvalue weighted by Gasteiger charge is -2.08. The fraction of sp³-hybridized carbons (Fsp3) is 0.100. The number of halogens is 1. The second-order valence-electron chi connectivity index (χ2n) is 5.47. The van der Waals surface area contributed by atoms with Crippen LogP contribution < -0.4 is 10.1 Å². The summed E-state index contributed by atoms with van der Waals surface area (Å²) in [6.07, 6.45) is 3.61. The van der Waals surface area contributed by atoms with Crippen molar-refractivity contribution in [1.82, 2.24) is 4.98 Å². The summed E-state index contributed by atoms with van der Waals surface area (Å²) in [6, 6.07) is 17.1. The Hall–Kier alpha value is -2.86. The van der Waals surface area contributed by atoms with Crippen molar-refractivity contribution >= 4 is 23.4 Å². The molecule has 4 nitrogen and oxygen atoms in total. The summed E-state index contributed by atoms with van der Waals surface area (Å²) in [5.41, 5.74) is 1.86. The molecule has 0 aliphatic heterocycles. The van der Waals surface area contributed by atoms with Crippen LogP contribution in [0.5, 0.6) is 5.75 Å². The molecule has 1 N–H and O–H groups in total. The third-order valence-corrected chi connectivity index (χ3v) is 4.53. The molecule has 1 heterocycles. The average molecular weight is 368 g/mol. The Balaban J connectivity index is 1.45. The maximum Gasteiger partial charge on any atom is 0.262 e. The standard InChI is InChI=1S/C20H17FN2O2S/c21-16-3-7-18(8-4-16)25-13-20(24)23-17-5-9-19(10-6-17)26-14-15-2-1-11-22-12-15/h1-12H,13-14H2,(H,23,24). The number of ether oxygens (including phenoxy) is 1. The predicted molar refractivity (Wildman–Crippen MR) is 101 cm³/mol. The van der Waals surface area contributed by atoms with Crippen molar-refractivity contribution in [3.05, 3.63) is 84.4 Å². The van der Waals surface area contributed by atoms with Crippen molar-refractivity contribution in [2.45, 2.75) is 10.6 Å². The van der Waals surface area contributed by atoms with Gasteiger partial charge in [0.1, 0.15) is 11.6 Å². The fourth-order valence-electron chi connectivity index (χ4n) is 2.16. The van der Waals surface area contributed by atoms with Crippen molar-refractivity contribution in [3.8, 4) is 5.75 Å². The van der Waals surface area contributed by atoms with Crippen LogP contribution in [0.1, 0.15) is 5.56 Å². The van der Waals surface area contributed by atoms with Gasteiger partial charge >= 0.3 is 0 Å². The van der Waals surface area contributed by atoms with Crippen molar-refractivity contribution in [2.75, 3.05) is 11.9 Å². The van der Waals surface area contributed by atoms with E-state index in [1.165, 1.54) is 24.3 Å². The first-order valence-electron chi connectivity index (χ1n) is 7.99. The Bertz CT molecular complexity index is 840. The van der Waals surface area contributed by atoms with E-state index in [2.05, 4.69) is 10.3 Å². The van der Waals surface area contributed by atoms with E-state index in [1.54, 1.807) is 18.0 Å². The number of hydrogen-bond acceptors (Lipinski definition) is 4. The number of thioether (sulfide) groups is 1. The van der Waals surface area contributed by atoms with Gasteiger partial charge in [-0.3, -0.25) is 9.78 Å². The molecule has 0 aliphatic rings. The Morgan fingerprint density at radius 2 is 1.85 bits per heavy atom. The zero-order valence-corrected chi connectivity index (χ0v) is 14.7. The highest BCUT2D eigenvalue weighted by Gasteiger charge is 2.04. The smallest absolute Gasteiger partial charge is 0.262 e. The Labute approximate surface area is 155 Å². The molecule has 1 amide bonds. The molecule has 0 radical (unpaired) electrons. The van der Waals surface area contributed by atoms with Crippen LogP contribution in [0.4, 0.5) is 10.1 Å². The van der Waals surface area contributed by atoms with E-state index in [1.807, 2.05) is 42.6 Å². The summed E-state index contributed by atoms with van der Waals surface area (Å²) in [5, 5.41) is 2.77. The molecule has 0 atom stereocenters. The van der Waals surface area contributed by atoms with Crippen molar-refractivity contribution in [3.63, 3.8) is 0 Å². The molecule has 26 heavy (non-hydrogen) atoms. The molecule has 2 aromatic carbocycles. The molecule has 0 spiro atoms. The lowest BCUT2D eigenvalue weighted by Crippen LogP contribution is -2.20. The summed E-state index contributed by atoms with van der Waals surface area (Å²) >= 11 is 1.70. The third-order valence-electron chi connectivity index (χ3n) is 3.45. The van der Waals surface area contributed by atoms with E-state index in [4.69, 9.17) is 4.74 Å². The quantitative estimate of drug-likeness (QED) is 0.623. The van der Waals surface area contributed by atoms with E-state index in [0.29, 0.717) is 11.4 Å². The molecule has 132 valence electrons. The molecule has 3 aromatic rings. The summed E-state index contributed by atoms with van der Waals surface area (Å²) in [5.74, 6) is 0.669. The molecule has 6 heteroatoms. The largest absolute Gasteiger partial charge is 0.484 e. The average Bonchev–Trinajstić information content (AvgIpc) is 2.68. The van der Waals surface area contributed by atoms with Crippen LogP contribution in [-0.4, -0.2) is 17.5 Å². The lowest BCUT2D eigenvalue weighted by molar-refractivity contribution is -0.118. The van der Waals surface area contributed by atoms with E-state index in [9.17, 15) is 9.18 Å². The SMILES string of the molecule is O=C(COc1ccc(F)cc1)Nc1ccc(SCc2cccnc2)cc1. The summed E-state index contributed by atoms with van der Waals surface area (Å²) in [4.78, 5) is 17.1. The molecule has 3 rings (SSSR count). The highest BCUT2D eigenvalue weighted by molar-refractivity contribution is 7.98. The van der Waals surface area contributed by atoms with Gasteiger partial charge in [-0.25, -0.2) is 4.39 Å². The number of amides is 1. The van der Waals surface area contributed by atoms with Gasteiger partial charge in [-0.05, 0) is 60.2 Å². The predicted octanol–water partition coefficient (Wildman–Crippen LogP) is 4.53. The van der Waals surface area contributed by atoms with Gasteiger partial charge in [0.2, 0.25) is 0 Å². The maximum atomic E-state index is 12.8. The normalized spacial score (nSPS) is 10.3. The number of anilines is 1. The molecule has 0 saturated carbocycles. The molecular weight excluding hydrogens is 351 g/mol.